The first-order valence-corrected chi connectivity index (χ1v) is 11.6. The molecular formula is C26H27ClFN5O2. The van der Waals surface area contributed by atoms with E-state index in [0.717, 1.165) is 11.4 Å². The van der Waals surface area contributed by atoms with Gasteiger partial charge in [-0.2, -0.15) is 0 Å². The second-order valence-electron chi connectivity index (χ2n) is 8.97. The van der Waals surface area contributed by atoms with Crippen LogP contribution in [0.25, 0.3) is 5.69 Å². The molecular weight excluding hydrogens is 469 g/mol. The first kappa shape index (κ1) is 24.6. The summed E-state index contributed by atoms with van der Waals surface area (Å²) in [6.45, 7) is 4.56. The molecule has 1 heterocycles. The molecule has 182 valence electrons. The van der Waals surface area contributed by atoms with Gasteiger partial charge in [0.25, 0.3) is 0 Å². The summed E-state index contributed by atoms with van der Waals surface area (Å²) < 4.78 is 16.8. The molecule has 1 saturated carbocycles. The molecule has 0 saturated heterocycles. The van der Waals surface area contributed by atoms with Crippen molar-refractivity contribution in [3.05, 3.63) is 83.7 Å². The van der Waals surface area contributed by atoms with E-state index in [1.54, 1.807) is 47.3 Å². The Bertz CT molecular complexity index is 1250. The van der Waals surface area contributed by atoms with E-state index in [9.17, 15) is 14.0 Å². The van der Waals surface area contributed by atoms with Crippen molar-refractivity contribution in [3.63, 3.8) is 0 Å². The highest BCUT2D eigenvalue weighted by atomic mass is 35.5. The third-order valence-corrected chi connectivity index (χ3v) is 6.20. The zero-order chi connectivity index (χ0) is 25.1. The molecule has 0 spiro atoms. The molecule has 2 aromatic carbocycles. The Morgan fingerprint density at radius 2 is 1.77 bits per heavy atom. The third kappa shape index (κ3) is 5.78. The average molecular weight is 496 g/mol. The third-order valence-electron chi connectivity index (χ3n) is 5.95. The maximum Gasteiger partial charge on any atom is 0.228 e. The molecule has 35 heavy (non-hydrogen) atoms. The number of halogens is 2. The van der Waals surface area contributed by atoms with Crippen LogP contribution in [0.4, 0.5) is 15.8 Å². The maximum absolute atomic E-state index is 15.0. The van der Waals surface area contributed by atoms with Crippen LogP contribution in [-0.2, 0) is 16.1 Å². The van der Waals surface area contributed by atoms with E-state index in [4.69, 9.17) is 11.6 Å². The van der Waals surface area contributed by atoms with Crippen LogP contribution < -0.4 is 10.6 Å². The Balaban J connectivity index is 1.47. The predicted molar refractivity (Wildman–Crippen MR) is 135 cm³/mol. The van der Waals surface area contributed by atoms with Crippen LogP contribution >= 0.6 is 11.6 Å². The fourth-order valence-corrected chi connectivity index (χ4v) is 4.38. The molecule has 2 atom stereocenters. The molecule has 2 N–H and O–H groups in total. The number of hydrogen-bond donors (Lipinski definition) is 2. The van der Waals surface area contributed by atoms with Gasteiger partial charge in [-0.1, -0.05) is 23.8 Å². The zero-order valence-corrected chi connectivity index (χ0v) is 20.3. The minimum absolute atomic E-state index is 0.0578. The van der Waals surface area contributed by atoms with Crippen LogP contribution in [0.15, 0.2) is 67.0 Å². The largest absolute Gasteiger partial charge is 0.326 e. The van der Waals surface area contributed by atoms with E-state index in [1.807, 2.05) is 19.0 Å². The van der Waals surface area contributed by atoms with Crippen LogP contribution in [0, 0.1) is 17.7 Å². The van der Waals surface area contributed by atoms with Crippen molar-refractivity contribution in [1.29, 1.82) is 0 Å². The number of hydrogen-bond acceptors (Lipinski definition) is 4. The van der Waals surface area contributed by atoms with Crippen molar-refractivity contribution in [1.82, 2.24) is 14.5 Å². The van der Waals surface area contributed by atoms with Crippen molar-refractivity contribution in [3.8, 4) is 5.69 Å². The van der Waals surface area contributed by atoms with Crippen LogP contribution in [0.3, 0.4) is 0 Å². The van der Waals surface area contributed by atoms with E-state index in [1.165, 1.54) is 12.1 Å². The molecule has 3 aromatic rings. The van der Waals surface area contributed by atoms with Gasteiger partial charge in [0.05, 0.1) is 24.1 Å². The fraction of sp³-hybridized carbons (Fsp3) is 0.269. The van der Waals surface area contributed by atoms with Gasteiger partial charge >= 0.3 is 0 Å². The number of benzene rings is 2. The van der Waals surface area contributed by atoms with E-state index >= 15 is 0 Å². The Kier molecular flexibility index (Phi) is 7.33. The minimum Gasteiger partial charge on any atom is -0.326 e. The van der Waals surface area contributed by atoms with Gasteiger partial charge in [-0.05, 0) is 63.3 Å². The number of nitrogens with one attached hydrogen (secondary N) is 2. The van der Waals surface area contributed by atoms with Crippen LogP contribution in [0.5, 0.6) is 0 Å². The highest BCUT2D eigenvalue weighted by molar-refractivity contribution is 6.30. The Morgan fingerprint density at radius 3 is 2.40 bits per heavy atom. The quantitative estimate of drug-likeness (QED) is 0.457. The molecule has 1 fully saturated rings. The summed E-state index contributed by atoms with van der Waals surface area (Å²) in [5.41, 5.74) is 2.06. The number of amides is 2. The number of allylic oxidation sites excluding steroid dienone is 1. The monoisotopic (exact) mass is 495 g/mol. The molecule has 0 bridgehead atoms. The Morgan fingerprint density at radius 1 is 1.11 bits per heavy atom. The second kappa shape index (κ2) is 10.4. The van der Waals surface area contributed by atoms with Crippen molar-refractivity contribution >= 4 is 34.8 Å². The van der Waals surface area contributed by atoms with Crippen molar-refractivity contribution in [2.24, 2.45) is 11.8 Å². The van der Waals surface area contributed by atoms with Gasteiger partial charge in [-0.15, -0.1) is 0 Å². The van der Waals surface area contributed by atoms with Gasteiger partial charge in [0.15, 0.2) is 0 Å². The normalized spacial score (nSPS) is 17.6. The summed E-state index contributed by atoms with van der Waals surface area (Å²) in [5.74, 6) is -1.74. The van der Waals surface area contributed by atoms with E-state index in [2.05, 4.69) is 22.2 Å². The summed E-state index contributed by atoms with van der Waals surface area (Å²) >= 11 is 5.90. The highest BCUT2D eigenvalue weighted by Gasteiger charge is 2.39. The number of rotatable bonds is 7. The lowest BCUT2D eigenvalue weighted by molar-refractivity contribution is -0.128. The average Bonchev–Trinajstić information content (AvgIpc) is 3.43. The summed E-state index contributed by atoms with van der Waals surface area (Å²) in [6.07, 6.45) is 4.19. The Hall–Kier alpha value is -3.49. The summed E-state index contributed by atoms with van der Waals surface area (Å²) in [6, 6.07) is 11.3. The molecule has 1 aliphatic rings. The lowest BCUT2D eigenvalue weighted by Gasteiger charge is -2.19. The first-order chi connectivity index (χ1) is 16.7. The summed E-state index contributed by atoms with van der Waals surface area (Å²) in [7, 11) is 3.86. The molecule has 2 amide bonds. The van der Waals surface area contributed by atoms with Gasteiger partial charge in [-0.3, -0.25) is 9.59 Å². The number of anilines is 2. The van der Waals surface area contributed by atoms with Gasteiger partial charge in [0, 0.05) is 34.9 Å². The van der Waals surface area contributed by atoms with Crippen LogP contribution in [0.2, 0.25) is 5.02 Å². The van der Waals surface area contributed by atoms with Gasteiger partial charge < -0.3 is 20.1 Å². The van der Waals surface area contributed by atoms with Gasteiger partial charge in [0.2, 0.25) is 11.8 Å². The minimum atomic E-state index is -0.644. The molecule has 1 unspecified atom stereocenters. The van der Waals surface area contributed by atoms with Crippen molar-refractivity contribution in [2.75, 3.05) is 24.7 Å². The topological polar surface area (TPSA) is 79.3 Å². The maximum atomic E-state index is 15.0. The van der Waals surface area contributed by atoms with Crippen LogP contribution in [0.1, 0.15) is 18.7 Å². The van der Waals surface area contributed by atoms with E-state index in [-0.39, 0.29) is 11.6 Å². The lowest BCUT2D eigenvalue weighted by Crippen LogP contribution is -2.33. The lowest BCUT2D eigenvalue weighted by atomic mass is 9.94. The number of carbonyl (C=O) groups excluding carboxylic acids is 2. The second-order valence-corrected chi connectivity index (χ2v) is 9.41. The van der Waals surface area contributed by atoms with Crippen molar-refractivity contribution in [2.45, 2.75) is 19.4 Å². The number of nitrogens with zero attached hydrogens (tertiary/aromatic N) is 3. The Labute approximate surface area is 208 Å². The van der Waals surface area contributed by atoms with Gasteiger partial charge in [-0.25, -0.2) is 9.37 Å². The van der Waals surface area contributed by atoms with E-state index < -0.39 is 23.6 Å². The SMILES string of the molecule is C=C1CC(C(=O)Nc2ccc(-n3ccnc3CN(C)C)cc2F)[C@@H](C(=O)Nc2ccc(Cl)cc2)C1. The van der Waals surface area contributed by atoms with Crippen molar-refractivity contribution < 1.29 is 14.0 Å². The molecule has 0 radical (unpaired) electrons. The number of aromatic nitrogens is 2. The van der Waals surface area contributed by atoms with E-state index in [0.29, 0.717) is 35.8 Å². The molecule has 1 aliphatic carbocycles. The molecule has 9 heteroatoms. The standard InChI is InChI=1S/C26H27ClFN5O2/c1-16-12-20(25(34)30-18-6-4-17(27)5-7-18)21(13-16)26(35)31-23-9-8-19(14-22(23)28)33-11-10-29-24(33)15-32(2)3/h4-11,14,20-21H,1,12-13,15H2,2-3H3,(H,30,34)(H,31,35)/t20-,21?/m0/s1. The summed E-state index contributed by atoms with van der Waals surface area (Å²) in [4.78, 5) is 32.3. The van der Waals surface area contributed by atoms with Gasteiger partial charge in [0.1, 0.15) is 11.6 Å². The number of imidazole rings is 1. The number of carbonyl (C=O) groups is 2. The molecule has 7 nitrogen and oxygen atoms in total. The predicted octanol–water partition coefficient (Wildman–Crippen LogP) is 4.89. The first-order valence-electron chi connectivity index (χ1n) is 11.2. The smallest absolute Gasteiger partial charge is 0.228 e. The highest BCUT2D eigenvalue weighted by Crippen LogP contribution is 2.37. The van der Waals surface area contributed by atoms with Crippen LogP contribution in [-0.4, -0.2) is 40.4 Å². The zero-order valence-electron chi connectivity index (χ0n) is 19.6. The fourth-order valence-electron chi connectivity index (χ4n) is 4.26. The molecule has 1 aromatic heterocycles. The molecule has 0 aliphatic heterocycles. The molecule has 4 rings (SSSR count). The summed E-state index contributed by atoms with van der Waals surface area (Å²) in [5, 5.41) is 6.05.